The maximum absolute atomic E-state index is 13.1. The Kier molecular flexibility index (Phi) is 5.11. The minimum Gasteiger partial charge on any atom is -0.507 e. The molecule has 2 fully saturated rings. The Hall–Kier alpha value is -3.32. The Bertz CT molecular complexity index is 1040. The summed E-state index contributed by atoms with van der Waals surface area (Å²) in [6, 6.07) is 13.6. The number of nitrogens with zero attached hydrogens (tertiary/aromatic N) is 1. The highest BCUT2D eigenvalue weighted by atomic mass is 16.6. The van der Waals surface area contributed by atoms with Crippen LogP contribution in [-0.2, 0) is 14.3 Å². The third-order valence-electron chi connectivity index (χ3n) is 5.90. The number of rotatable bonds is 4. The Labute approximate surface area is 179 Å². The zero-order valence-corrected chi connectivity index (χ0v) is 17.0. The smallest absolute Gasteiger partial charge is 0.295 e. The van der Waals surface area contributed by atoms with Crippen molar-refractivity contribution < 1.29 is 28.9 Å². The van der Waals surface area contributed by atoms with Gasteiger partial charge in [0, 0.05) is 18.7 Å². The monoisotopic (exact) mass is 421 g/mol. The number of hydrogen-bond donors (Lipinski definition) is 1. The number of ketones is 1. The predicted molar refractivity (Wildman–Crippen MR) is 112 cm³/mol. The highest BCUT2D eigenvalue weighted by Crippen LogP contribution is 2.41. The van der Waals surface area contributed by atoms with E-state index in [0.717, 1.165) is 18.4 Å². The van der Waals surface area contributed by atoms with Gasteiger partial charge in [-0.25, -0.2) is 0 Å². The van der Waals surface area contributed by atoms with Gasteiger partial charge in [-0.05, 0) is 36.6 Å². The summed E-state index contributed by atoms with van der Waals surface area (Å²) in [5.74, 6) is -0.455. The number of aliphatic hydroxyl groups excluding tert-OH is 1. The molecule has 31 heavy (non-hydrogen) atoms. The zero-order valence-electron chi connectivity index (χ0n) is 17.0. The Morgan fingerprint density at radius 1 is 1.00 bits per heavy atom. The maximum Gasteiger partial charge on any atom is 0.295 e. The molecule has 0 radical (unpaired) electrons. The van der Waals surface area contributed by atoms with Crippen LogP contribution in [0.2, 0.25) is 0 Å². The lowest BCUT2D eigenvalue weighted by atomic mass is 9.95. The summed E-state index contributed by atoms with van der Waals surface area (Å²) in [6.45, 7) is 1.83. The predicted octanol–water partition coefficient (Wildman–Crippen LogP) is 3.06. The molecule has 160 valence electrons. The van der Waals surface area contributed by atoms with E-state index in [-0.39, 0.29) is 17.4 Å². The average Bonchev–Trinajstić information content (AvgIpc) is 3.41. The minimum atomic E-state index is -0.695. The van der Waals surface area contributed by atoms with Crippen molar-refractivity contribution in [2.75, 3.05) is 26.4 Å². The summed E-state index contributed by atoms with van der Waals surface area (Å²) < 4.78 is 16.9. The van der Waals surface area contributed by atoms with E-state index in [0.29, 0.717) is 43.4 Å². The molecule has 0 saturated carbocycles. The molecule has 3 aliphatic rings. The number of carbonyl (C=O) groups excluding carboxylic acids is 2. The second-order valence-electron chi connectivity index (χ2n) is 7.86. The van der Waals surface area contributed by atoms with Crippen LogP contribution >= 0.6 is 0 Å². The minimum absolute atomic E-state index is 0.0749. The molecule has 3 aliphatic heterocycles. The maximum atomic E-state index is 13.1. The van der Waals surface area contributed by atoms with Crippen LogP contribution in [0.3, 0.4) is 0 Å². The molecule has 3 heterocycles. The number of carbonyl (C=O) groups is 2. The van der Waals surface area contributed by atoms with E-state index in [2.05, 4.69) is 0 Å². The highest BCUT2D eigenvalue weighted by Gasteiger charge is 2.47. The Balaban J connectivity index is 1.59. The van der Waals surface area contributed by atoms with Gasteiger partial charge in [-0.1, -0.05) is 30.3 Å². The quantitative estimate of drug-likeness (QED) is 0.464. The van der Waals surface area contributed by atoms with Crippen molar-refractivity contribution >= 4 is 17.4 Å². The number of aliphatic hydroxyl groups is 1. The highest BCUT2D eigenvalue weighted by molar-refractivity contribution is 6.46. The van der Waals surface area contributed by atoms with Gasteiger partial charge < -0.3 is 24.2 Å². The van der Waals surface area contributed by atoms with Gasteiger partial charge >= 0.3 is 0 Å². The summed E-state index contributed by atoms with van der Waals surface area (Å²) in [6.07, 6.45) is 1.66. The van der Waals surface area contributed by atoms with Gasteiger partial charge in [-0.15, -0.1) is 0 Å². The molecule has 5 rings (SSSR count). The first-order valence-corrected chi connectivity index (χ1v) is 10.5. The SMILES string of the molecule is O=C1C(=O)N(C[C@H]2CCCO2)[C@@H](c2ccccc2)C1=C(O)c1ccc2c(c1)OCCO2. The third kappa shape index (κ3) is 3.55. The van der Waals surface area contributed by atoms with Crippen molar-refractivity contribution in [2.24, 2.45) is 0 Å². The number of hydrogen-bond acceptors (Lipinski definition) is 6. The van der Waals surface area contributed by atoms with Crippen LogP contribution in [0.1, 0.15) is 30.0 Å². The Morgan fingerprint density at radius 3 is 2.52 bits per heavy atom. The summed E-state index contributed by atoms with van der Waals surface area (Å²) in [5, 5.41) is 11.2. The molecular formula is C24H23NO6. The number of fused-ring (bicyclic) bond motifs is 1. The second-order valence-corrected chi connectivity index (χ2v) is 7.86. The van der Waals surface area contributed by atoms with Crippen LogP contribution in [-0.4, -0.2) is 54.2 Å². The molecule has 1 N–H and O–H groups in total. The fraction of sp³-hybridized carbons (Fsp3) is 0.333. The first kappa shape index (κ1) is 19.6. The van der Waals surface area contributed by atoms with Crippen molar-refractivity contribution in [3.05, 3.63) is 65.2 Å². The van der Waals surface area contributed by atoms with Crippen molar-refractivity contribution in [3.8, 4) is 11.5 Å². The first-order valence-electron chi connectivity index (χ1n) is 10.5. The topological polar surface area (TPSA) is 85.3 Å². The normalized spacial score (nSPS) is 24.6. The lowest BCUT2D eigenvalue weighted by Crippen LogP contribution is -2.36. The molecule has 7 nitrogen and oxygen atoms in total. The fourth-order valence-corrected chi connectivity index (χ4v) is 4.40. The van der Waals surface area contributed by atoms with Crippen molar-refractivity contribution in [1.29, 1.82) is 0 Å². The Morgan fingerprint density at radius 2 is 1.77 bits per heavy atom. The van der Waals surface area contributed by atoms with Crippen LogP contribution < -0.4 is 9.47 Å². The van der Waals surface area contributed by atoms with Crippen LogP contribution in [0.25, 0.3) is 5.76 Å². The van der Waals surface area contributed by atoms with Crippen LogP contribution in [0.4, 0.5) is 0 Å². The molecule has 0 aliphatic carbocycles. The standard InChI is InChI=1S/C24H23NO6/c26-22(16-8-9-18-19(13-16)31-12-11-30-18)20-21(15-5-2-1-3-6-15)25(24(28)23(20)27)14-17-7-4-10-29-17/h1-3,5-6,8-9,13,17,21,26H,4,7,10-12,14H2/t17-,21+/m1/s1. The molecule has 0 spiro atoms. The van der Waals surface area contributed by atoms with Crippen molar-refractivity contribution in [1.82, 2.24) is 4.90 Å². The molecule has 2 atom stereocenters. The fourth-order valence-electron chi connectivity index (χ4n) is 4.40. The molecule has 0 bridgehead atoms. The van der Waals surface area contributed by atoms with E-state index in [1.54, 1.807) is 18.2 Å². The van der Waals surface area contributed by atoms with Gasteiger partial charge in [0.25, 0.3) is 11.7 Å². The van der Waals surface area contributed by atoms with Crippen molar-refractivity contribution in [2.45, 2.75) is 25.0 Å². The van der Waals surface area contributed by atoms with E-state index in [9.17, 15) is 14.7 Å². The van der Waals surface area contributed by atoms with Gasteiger partial charge in [-0.2, -0.15) is 0 Å². The summed E-state index contributed by atoms with van der Waals surface area (Å²) in [7, 11) is 0. The van der Waals surface area contributed by atoms with E-state index >= 15 is 0 Å². The summed E-state index contributed by atoms with van der Waals surface area (Å²) in [4.78, 5) is 27.6. The molecule has 7 heteroatoms. The number of amides is 1. The average molecular weight is 421 g/mol. The lowest BCUT2D eigenvalue weighted by Gasteiger charge is -2.27. The van der Waals surface area contributed by atoms with Crippen LogP contribution in [0, 0.1) is 0 Å². The number of Topliss-reactive ketones (excluding diaryl/α,β-unsaturated/α-hetero) is 1. The van der Waals surface area contributed by atoms with Gasteiger partial charge in [0.2, 0.25) is 0 Å². The van der Waals surface area contributed by atoms with Gasteiger partial charge in [0.05, 0.1) is 17.7 Å². The molecule has 1 amide bonds. The van der Waals surface area contributed by atoms with Crippen LogP contribution in [0.15, 0.2) is 54.1 Å². The first-order chi connectivity index (χ1) is 15.1. The van der Waals surface area contributed by atoms with Gasteiger partial charge in [-0.3, -0.25) is 9.59 Å². The summed E-state index contributed by atoms with van der Waals surface area (Å²) >= 11 is 0. The van der Waals surface area contributed by atoms with Crippen molar-refractivity contribution in [3.63, 3.8) is 0 Å². The number of likely N-dealkylation sites (tertiary alicyclic amines) is 1. The number of benzene rings is 2. The molecule has 0 unspecified atom stereocenters. The summed E-state index contributed by atoms with van der Waals surface area (Å²) in [5.41, 5.74) is 1.24. The van der Waals surface area contributed by atoms with Gasteiger partial charge in [0.1, 0.15) is 19.0 Å². The third-order valence-corrected chi connectivity index (χ3v) is 5.90. The van der Waals surface area contributed by atoms with Gasteiger partial charge in [0.15, 0.2) is 11.5 Å². The zero-order chi connectivity index (χ0) is 21.4. The second kappa shape index (κ2) is 8.07. The largest absolute Gasteiger partial charge is 0.507 e. The molecular weight excluding hydrogens is 398 g/mol. The van der Waals surface area contributed by atoms with Crippen LogP contribution in [0.5, 0.6) is 11.5 Å². The molecule has 2 aromatic rings. The van der Waals surface area contributed by atoms with E-state index < -0.39 is 17.7 Å². The molecule has 2 aromatic carbocycles. The van der Waals surface area contributed by atoms with E-state index in [1.165, 1.54) is 4.90 Å². The lowest BCUT2D eigenvalue weighted by molar-refractivity contribution is -0.140. The number of ether oxygens (including phenoxy) is 3. The van der Waals surface area contributed by atoms with E-state index in [1.807, 2.05) is 30.3 Å². The molecule has 2 saturated heterocycles. The van der Waals surface area contributed by atoms with E-state index in [4.69, 9.17) is 14.2 Å². The molecule has 0 aromatic heterocycles.